The van der Waals surface area contributed by atoms with Crippen molar-refractivity contribution < 1.29 is 5.11 Å². The second-order valence-corrected chi connectivity index (χ2v) is 1.72. The van der Waals surface area contributed by atoms with Gasteiger partial charge in [-0.25, -0.2) is 5.43 Å². The highest BCUT2D eigenvalue weighted by Gasteiger charge is 2.11. The van der Waals surface area contributed by atoms with Crippen LogP contribution >= 0.6 is 0 Å². The number of nitrogens with two attached hydrogens (primary N) is 2. The van der Waals surface area contributed by atoms with Crippen molar-refractivity contribution in [1.82, 2.24) is 5.43 Å². The van der Waals surface area contributed by atoms with Crippen LogP contribution in [0.1, 0.15) is 6.92 Å². The maximum absolute atomic E-state index is 8.33. The van der Waals surface area contributed by atoms with Crippen molar-refractivity contribution in [2.75, 3.05) is 6.61 Å². The zero-order valence-corrected chi connectivity index (χ0v) is 4.31. The Bertz CT molecular complexity index is 48.1. The van der Waals surface area contributed by atoms with Crippen LogP contribution in [0.4, 0.5) is 0 Å². The van der Waals surface area contributed by atoms with Crippen molar-refractivity contribution in [1.29, 1.82) is 0 Å². The molecule has 4 heteroatoms. The molecule has 0 radical (unpaired) electrons. The van der Waals surface area contributed by atoms with E-state index >= 15 is 0 Å². The third-order valence-corrected chi connectivity index (χ3v) is 0.658. The highest BCUT2D eigenvalue weighted by molar-refractivity contribution is 4.68. The molecule has 0 aromatic carbocycles. The van der Waals surface area contributed by atoms with E-state index in [9.17, 15) is 0 Å². The molecule has 0 aromatic rings. The van der Waals surface area contributed by atoms with Crippen LogP contribution in [0.5, 0.6) is 0 Å². The molecule has 0 aliphatic carbocycles. The molecule has 0 aliphatic heterocycles. The van der Waals surface area contributed by atoms with Gasteiger partial charge in [0, 0.05) is 0 Å². The zero-order chi connectivity index (χ0) is 5.91. The van der Waals surface area contributed by atoms with Gasteiger partial charge in [0.1, 0.15) is 0 Å². The molecule has 0 aromatic heterocycles. The van der Waals surface area contributed by atoms with Gasteiger partial charge in [-0.2, -0.15) is 0 Å². The van der Waals surface area contributed by atoms with Gasteiger partial charge in [0.15, 0.2) is 0 Å². The summed E-state index contributed by atoms with van der Waals surface area (Å²) in [7, 11) is 0. The van der Waals surface area contributed by atoms with Gasteiger partial charge in [-0.15, -0.1) is 0 Å². The lowest BCUT2D eigenvalue weighted by Crippen LogP contribution is -2.57. The second kappa shape index (κ2) is 2.23. The summed E-state index contributed by atoms with van der Waals surface area (Å²) in [5.41, 5.74) is 6.61. The molecule has 0 amide bonds. The number of hydrogen-bond donors (Lipinski definition) is 4. The lowest BCUT2D eigenvalue weighted by atomic mass is 10.3. The van der Waals surface area contributed by atoms with Gasteiger partial charge >= 0.3 is 0 Å². The first kappa shape index (κ1) is 6.84. The molecule has 0 fully saturated rings. The monoisotopic (exact) mass is 105 g/mol. The summed E-state index contributed by atoms with van der Waals surface area (Å²) < 4.78 is 0. The summed E-state index contributed by atoms with van der Waals surface area (Å²) in [5, 5.41) is 8.33. The SMILES string of the molecule is CC(N)(CO)NN. The second-order valence-electron chi connectivity index (χ2n) is 1.72. The summed E-state index contributed by atoms with van der Waals surface area (Å²) in [4.78, 5) is 0. The predicted octanol–water partition coefficient (Wildman–Crippen LogP) is -1.88. The summed E-state index contributed by atoms with van der Waals surface area (Å²) >= 11 is 0. The molecule has 0 bridgehead atoms. The van der Waals surface area contributed by atoms with Gasteiger partial charge < -0.3 is 10.8 Å². The first-order chi connectivity index (χ1) is 3.12. The van der Waals surface area contributed by atoms with Crippen LogP contribution in [0.3, 0.4) is 0 Å². The number of hydrogen-bond acceptors (Lipinski definition) is 4. The summed E-state index contributed by atoms with van der Waals surface area (Å²) in [6, 6.07) is 0. The number of aliphatic hydroxyl groups is 1. The number of hydrazine groups is 1. The molecule has 0 aliphatic rings. The standard InChI is InChI=1S/C3H11N3O/c1-3(4,2-7)6-5/h6-7H,2,4-5H2,1H3. The Morgan fingerprint density at radius 3 is 2.29 bits per heavy atom. The van der Waals surface area contributed by atoms with E-state index in [0.717, 1.165) is 0 Å². The Hall–Kier alpha value is -0.160. The molecule has 4 nitrogen and oxygen atoms in total. The Morgan fingerprint density at radius 1 is 1.86 bits per heavy atom. The predicted molar refractivity (Wildman–Crippen MR) is 27.0 cm³/mol. The van der Waals surface area contributed by atoms with Crippen molar-refractivity contribution in [3.63, 3.8) is 0 Å². The van der Waals surface area contributed by atoms with Crippen LogP contribution in [0.15, 0.2) is 0 Å². The molecule has 0 saturated heterocycles. The molecule has 7 heavy (non-hydrogen) atoms. The molecule has 1 unspecified atom stereocenters. The molecule has 6 N–H and O–H groups in total. The third kappa shape index (κ3) is 2.52. The highest BCUT2D eigenvalue weighted by Crippen LogP contribution is 1.84. The fourth-order valence-electron chi connectivity index (χ4n) is 0.0456. The highest BCUT2D eigenvalue weighted by atomic mass is 16.3. The van der Waals surface area contributed by atoms with Crippen LogP contribution in [0.2, 0.25) is 0 Å². The van der Waals surface area contributed by atoms with E-state index in [4.69, 9.17) is 16.7 Å². The van der Waals surface area contributed by atoms with Crippen LogP contribution in [-0.2, 0) is 0 Å². The topological polar surface area (TPSA) is 84.3 Å². The third-order valence-electron chi connectivity index (χ3n) is 0.658. The number of aliphatic hydroxyl groups excluding tert-OH is 1. The van der Waals surface area contributed by atoms with E-state index in [1.807, 2.05) is 0 Å². The average Bonchev–Trinajstić information content (AvgIpc) is 1.68. The van der Waals surface area contributed by atoms with Crippen molar-refractivity contribution in [3.05, 3.63) is 0 Å². The lowest BCUT2D eigenvalue weighted by molar-refractivity contribution is 0.180. The summed E-state index contributed by atoms with van der Waals surface area (Å²) in [6.07, 6.45) is 0. The minimum absolute atomic E-state index is 0.163. The first-order valence-corrected chi connectivity index (χ1v) is 2.00. The molecular formula is C3H11N3O. The van der Waals surface area contributed by atoms with Gasteiger partial charge in [0.05, 0.1) is 12.3 Å². The lowest BCUT2D eigenvalue weighted by Gasteiger charge is -2.18. The number of nitrogens with one attached hydrogen (secondary N) is 1. The minimum Gasteiger partial charge on any atom is -0.393 e. The van der Waals surface area contributed by atoms with Crippen LogP contribution < -0.4 is 17.0 Å². The van der Waals surface area contributed by atoms with Crippen LogP contribution in [0, 0.1) is 0 Å². The van der Waals surface area contributed by atoms with Gasteiger partial charge in [-0.1, -0.05) is 0 Å². The van der Waals surface area contributed by atoms with Crippen molar-refractivity contribution in [2.45, 2.75) is 12.6 Å². The van der Waals surface area contributed by atoms with Gasteiger partial charge in [0.2, 0.25) is 0 Å². The molecule has 0 saturated carbocycles. The Labute approximate surface area is 42.5 Å². The summed E-state index contributed by atoms with van der Waals surface area (Å²) in [5.74, 6) is 4.88. The van der Waals surface area contributed by atoms with E-state index in [1.165, 1.54) is 0 Å². The van der Waals surface area contributed by atoms with E-state index in [2.05, 4.69) is 5.43 Å². The molecular weight excluding hydrogens is 94.1 g/mol. The van der Waals surface area contributed by atoms with Crippen LogP contribution in [0.25, 0.3) is 0 Å². The molecule has 0 heterocycles. The first-order valence-electron chi connectivity index (χ1n) is 2.00. The van der Waals surface area contributed by atoms with Crippen molar-refractivity contribution in [2.24, 2.45) is 11.6 Å². The average molecular weight is 105 g/mol. The smallest absolute Gasteiger partial charge is 0.0994 e. The fourth-order valence-corrected chi connectivity index (χ4v) is 0.0456. The van der Waals surface area contributed by atoms with Crippen LogP contribution in [-0.4, -0.2) is 17.4 Å². The normalized spacial score (nSPS) is 18.9. The van der Waals surface area contributed by atoms with E-state index in [0.29, 0.717) is 0 Å². The molecule has 0 spiro atoms. The molecule has 44 valence electrons. The van der Waals surface area contributed by atoms with E-state index in [-0.39, 0.29) is 6.61 Å². The zero-order valence-electron chi connectivity index (χ0n) is 4.31. The van der Waals surface area contributed by atoms with Crippen molar-refractivity contribution >= 4 is 0 Å². The van der Waals surface area contributed by atoms with E-state index < -0.39 is 5.66 Å². The van der Waals surface area contributed by atoms with Crippen molar-refractivity contribution in [3.8, 4) is 0 Å². The van der Waals surface area contributed by atoms with Gasteiger partial charge in [0.25, 0.3) is 0 Å². The molecule has 0 rings (SSSR count). The molecule has 1 atom stereocenters. The largest absolute Gasteiger partial charge is 0.393 e. The summed E-state index contributed by atoms with van der Waals surface area (Å²) in [6.45, 7) is 1.43. The number of rotatable bonds is 2. The van der Waals surface area contributed by atoms with Gasteiger partial charge in [-0.3, -0.25) is 5.84 Å². The van der Waals surface area contributed by atoms with Gasteiger partial charge in [-0.05, 0) is 6.92 Å². The van der Waals surface area contributed by atoms with E-state index in [1.54, 1.807) is 6.92 Å². The Balaban J connectivity index is 3.36. The maximum Gasteiger partial charge on any atom is 0.0994 e. The maximum atomic E-state index is 8.33. The fraction of sp³-hybridized carbons (Fsp3) is 1.00. The Morgan fingerprint density at radius 2 is 2.29 bits per heavy atom. The quantitative estimate of drug-likeness (QED) is 0.188. The minimum atomic E-state index is -0.833. The Kier molecular flexibility index (Phi) is 2.17.